The number of carbonyl (C=O) groups is 1. The molecule has 1 atom stereocenters. The Hall–Kier alpha value is -0.930. The molecule has 1 aliphatic rings. The van der Waals surface area contributed by atoms with Gasteiger partial charge in [0.15, 0.2) is 0 Å². The third-order valence-electron chi connectivity index (χ3n) is 3.04. The van der Waals surface area contributed by atoms with Crippen LogP contribution >= 0.6 is 23.2 Å². The number of carbonyl (C=O) groups excluding carboxylic acids is 1. The molecule has 0 aliphatic heterocycles. The highest BCUT2D eigenvalue weighted by atomic mass is 35.5. The molecule has 5 heteroatoms. The minimum Gasteiger partial charge on any atom is -0.490 e. The summed E-state index contributed by atoms with van der Waals surface area (Å²) >= 11 is 11.8. The number of hydrogen-bond acceptors (Lipinski definition) is 3. The van der Waals surface area contributed by atoms with Gasteiger partial charge in [0.05, 0.1) is 0 Å². The van der Waals surface area contributed by atoms with Gasteiger partial charge in [-0.1, -0.05) is 18.2 Å². The summed E-state index contributed by atoms with van der Waals surface area (Å²) in [5.41, 5.74) is -0.775. The quantitative estimate of drug-likeness (QED) is 0.474. The van der Waals surface area contributed by atoms with Crippen LogP contribution in [0.1, 0.15) is 13.3 Å². The second kappa shape index (κ2) is 4.98. The van der Waals surface area contributed by atoms with Crippen LogP contribution in [-0.2, 0) is 9.53 Å². The zero-order chi connectivity index (χ0) is 13.2. The molecule has 0 saturated heterocycles. The maximum absolute atomic E-state index is 11.7. The fraction of sp³-hybridized carbons (Fsp3) is 0.462. The van der Waals surface area contributed by atoms with Gasteiger partial charge in [0.1, 0.15) is 28.7 Å². The van der Waals surface area contributed by atoms with E-state index in [1.807, 2.05) is 30.3 Å². The minimum atomic E-state index is -0.982. The van der Waals surface area contributed by atoms with E-state index in [0.29, 0.717) is 13.0 Å². The van der Waals surface area contributed by atoms with E-state index in [2.05, 4.69) is 0 Å². The van der Waals surface area contributed by atoms with Crippen LogP contribution in [0.25, 0.3) is 0 Å². The molecule has 0 heterocycles. The van der Waals surface area contributed by atoms with Gasteiger partial charge in [0.25, 0.3) is 0 Å². The summed E-state index contributed by atoms with van der Waals surface area (Å²) in [7, 11) is 0. The fourth-order valence-corrected chi connectivity index (χ4v) is 2.28. The predicted molar refractivity (Wildman–Crippen MR) is 70.1 cm³/mol. The monoisotopic (exact) mass is 288 g/mol. The van der Waals surface area contributed by atoms with Crippen LogP contribution in [0.5, 0.6) is 5.75 Å². The van der Waals surface area contributed by atoms with Crippen LogP contribution in [0, 0.1) is 5.41 Å². The fourth-order valence-electron chi connectivity index (χ4n) is 1.59. The Kier molecular flexibility index (Phi) is 3.74. The van der Waals surface area contributed by atoms with Gasteiger partial charge in [-0.2, -0.15) is 0 Å². The van der Waals surface area contributed by atoms with Gasteiger partial charge in [-0.3, -0.25) is 4.79 Å². The third-order valence-corrected chi connectivity index (χ3v) is 4.14. The van der Waals surface area contributed by atoms with Gasteiger partial charge in [-0.15, -0.1) is 23.2 Å². The molecule has 3 nitrogen and oxygen atoms in total. The third kappa shape index (κ3) is 2.73. The topological polar surface area (TPSA) is 35.5 Å². The number of benzene rings is 1. The summed E-state index contributed by atoms with van der Waals surface area (Å²) in [6, 6.07) is 9.34. The predicted octanol–water partition coefficient (Wildman–Crippen LogP) is 3.19. The van der Waals surface area contributed by atoms with Crippen molar-refractivity contribution in [1.29, 1.82) is 0 Å². The lowest BCUT2D eigenvalue weighted by Gasteiger charge is -2.12. The van der Waals surface area contributed by atoms with Crippen LogP contribution in [-0.4, -0.2) is 23.5 Å². The van der Waals surface area contributed by atoms with Crippen molar-refractivity contribution in [2.45, 2.75) is 17.7 Å². The molecular formula is C13H14Cl2O3. The summed E-state index contributed by atoms with van der Waals surface area (Å²) in [6.07, 6.45) is 0.432. The van der Waals surface area contributed by atoms with Crippen molar-refractivity contribution >= 4 is 29.2 Å². The number of halogens is 2. The first-order chi connectivity index (χ1) is 8.46. The highest BCUT2D eigenvalue weighted by Gasteiger charge is 2.69. The summed E-state index contributed by atoms with van der Waals surface area (Å²) in [4.78, 5) is 11.7. The molecule has 1 aliphatic carbocycles. The normalized spacial score (nSPS) is 24.4. The molecule has 1 aromatic carbocycles. The maximum Gasteiger partial charge on any atom is 0.315 e. The van der Waals surface area contributed by atoms with Gasteiger partial charge in [-0.25, -0.2) is 0 Å². The summed E-state index contributed by atoms with van der Waals surface area (Å²) in [5, 5.41) is 0. The Morgan fingerprint density at radius 3 is 2.44 bits per heavy atom. The molecular weight excluding hydrogens is 275 g/mol. The summed E-state index contributed by atoms with van der Waals surface area (Å²) in [6.45, 7) is 2.20. The molecule has 18 heavy (non-hydrogen) atoms. The lowest BCUT2D eigenvalue weighted by molar-refractivity contribution is -0.150. The lowest BCUT2D eigenvalue weighted by Crippen LogP contribution is -2.23. The summed E-state index contributed by atoms with van der Waals surface area (Å²) < 4.78 is 9.51. The van der Waals surface area contributed by atoms with Crippen molar-refractivity contribution in [2.75, 3.05) is 13.2 Å². The van der Waals surface area contributed by atoms with E-state index in [9.17, 15) is 4.79 Å². The van der Waals surface area contributed by atoms with Gasteiger partial charge in [-0.05, 0) is 19.1 Å². The Morgan fingerprint density at radius 1 is 1.28 bits per heavy atom. The molecule has 1 saturated carbocycles. The first kappa shape index (κ1) is 13.5. The van der Waals surface area contributed by atoms with Crippen molar-refractivity contribution in [3.8, 4) is 5.75 Å². The number of alkyl halides is 2. The minimum absolute atomic E-state index is 0.188. The van der Waals surface area contributed by atoms with E-state index in [-0.39, 0.29) is 12.6 Å². The van der Waals surface area contributed by atoms with Crippen LogP contribution in [0.3, 0.4) is 0 Å². The molecule has 1 aromatic rings. The smallest absolute Gasteiger partial charge is 0.315 e. The molecule has 0 amide bonds. The van der Waals surface area contributed by atoms with Gasteiger partial charge < -0.3 is 9.47 Å². The molecule has 0 bridgehead atoms. The van der Waals surface area contributed by atoms with E-state index in [4.69, 9.17) is 32.7 Å². The van der Waals surface area contributed by atoms with Crippen LogP contribution in [0.2, 0.25) is 0 Å². The van der Waals surface area contributed by atoms with E-state index in [1.54, 1.807) is 6.92 Å². The largest absolute Gasteiger partial charge is 0.490 e. The molecule has 0 N–H and O–H groups in total. The number of ether oxygens (including phenoxy) is 2. The highest BCUT2D eigenvalue weighted by molar-refractivity contribution is 6.53. The highest BCUT2D eigenvalue weighted by Crippen LogP contribution is 2.64. The second-order valence-electron chi connectivity index (χ2n) is 4.51. The molecule has 0 radical (unpaired) electrons. The second-order valence-corrected chi connectivity index (χ2v) is 5.99. The van der Waals surface area contributed by atoms with E-state index >= 15 is 0 Å². The molecule has 98 valence electrons. The standard InChI is InChI=1S/C13H14Cl2O3/c1-12(9-13(12,14)15)11(16)18-8-7-17-10-5-3-2-4-6-10/h2-6H,7-9H2,1H3. The van der Waals surface area contributed by atoms with Crippen molar-refractivity contribution in [2.24, 2.45) is 5.41 Å². The Labute approximate surface area is 116 Å². The van der Waals surface area contributed by atoms with Crippen molar-refractivity contribution < 1.29 is 14.3 Å². The first-order valence-electron chi connectivity index (χ1n) is 5.69. The maximum atomic E-state index is 11.7. The zero-order valence-electron chi connectivity index (χ0n) is 9.99. The van der Waals surface area contributed by atoms with Crippen LogP contribution in [0.4, 0.5) is 0 Å². The van der Waals surface area contributed by atoms with Gasteiger partial charge in [0.2, 0.25) is 0 Å². The lowest BCUT2D eigenvalue weighted by atomic mass is 10.1. The van der Waals surface area contributed by atoms with Crippen molar-refractivity contribution in [1.82, 2.24) is 0 Å². The molecule has 1 unspecified atom stereocenters. The molecule has 1 fully saturated rings. The Morgan fingerprint density at radius 2 is 1.89 bits per heavy atom. The van der Waals surface area contributed by atoms with Gasteiger partial charge in [0, 0.05) is 6.42 Å². The van der Waals surface area contributed by atoms with Crippen molar-refractivity contribution in [3.05, 3.63) is 30.3 Å². The Bertz CT molecular complexity index is 433. The molecule has 0 spiro atoms. The number of para-hydroxylation sites is 1. The molecule has 0 aromatic heterocycles. The summed E-state index contributed by atoms with van der Waals surface area (Å²) in [5.74, 6) is 0.374. The zero-order valence-corrected chi connectivity index (χ0v) is 11.5. The first-order valence-corrected chi connectivity index (χ1v) is 6.44. The SMILES string of the molecule is CC1(C(=O)OCCOc2ccccc2)CC1(Cl)Cl. The van der Waals surface area contributed by atoms with Crippen LogP contribution < -0.4 is 4.74 Å². The average molecular weight is 289 g/mol. The average Bonchev–Trinajstić information content (AvgIpc) is 2.87. The molecule has 2 rings (SSSR count). The van der Waals surface area contributed by atoms with Crippen LogP contribution in [0.15, 0.2) is 30.3 Å². The van der Waals surface area contributed by atoms with E-state index < -0.39 is 9.75 Å². The number of rotatable bonds is 5. The van der Waals surface area contributed by atoms with Gasteiger partial charge >= 0.3 is 5.97 Å². The van der Waals surface area contributed by atoms with E-state index in [1.165, 1.54) is 0 Å². The van der Waals surface area contributed by atoms with Crippen molar-refractivity contribution in [3.63, 3.8) is 0 Å². The number of esters is 1. The van der Waals surface area contributed by atoms with E-state index in [0.717, 1.165) is 5.75 Å². The Balaban J connectivity index is 1.69. The number of hydrogen-bond donors (Lipinski definition) is 0.